The van der Waals surface area contributed by atoms with E-state index >= 15 is 0 Å². The van der Waals surface area contributed by atoms with E-state index in [0.717, 1.165) is 49.9 Å². The second kappa shape index (κ2) is 14.4. The maximum atomic E-state index is 10.1. The Bertz CT molecular complexity index is 586. The zero-order valence-corrected chi connectivity index (χ0v) is 15.6. The van der Waals surface area contributed by atoms with Gasteiger partial charge in [-0.25, -0.2) is 0 Å². The number of carboxylic acid groups (broad SMARTS) is 2. The Labute approximate surface area is 161 Å². The van der Waals surface area contributed by atoms with Crippen LogP contribution in [0.4, 0.5) is 11.4 Å². The van der Waals surface area contributed by atoms with Crippen molar-refractivity contribution in [3.63, 3.8) is 0 Å². The fraction of sp³-hybridized carbons (Fsp3) is 0.364. The van der Waals surface area contributed by atoms with E-state index in [-0.39, 0.29) is 12.8 Å². The van der Waals surface area contributed by atoms with E-state index in [1.54, 1.807) is 0 Å². The van der Waals surface area contributed by atoms with Gasteiger partial charge in [-0.05, 0) is 37.1 Å². The zero-order valence-electron chi connectivity index (χ0n) is 15.6. The molecule has 2 aromatic rings. The van der Waals surface area contributed by atoms with Crippen LogP contribution in [-0.4, -0.2) is 22.2 Å². The molecule has 2 rings (SSSR count). The van der Waals surface area contributed by atoms with Crippen molar-refractivity contribution >= 4 is 23.3 Å². The number of carbonyl (C=O) groups is 2. The minimum atomic E-state index is -0.740. The molecule has 0 fully saturated rings. The van der Waals surface area contributed by atoms with Gasteiger partial charge in [0, 0.05) is 24.2 Å². The molecule has 0 aromatic heterocycles. The van der Waals surface area contributed by atoms with E-state index in [0.29, 0.717) is 0 Å². The second-order valence-corrected chi connectivity index (χ2v) is 6.27. The molecule has 27 heavy (non-hydrogen) atoms. The number of rotatable bonds is 11. The first-order valence-corrected chi connectivity index (χ1v) is 9.38. The number of para-hydroxylation sites is 2. The molecule has 0 saturated carbocycles. The van der Waals surface area contributed by atoms with Crippen molar-refractivity contribution in [2.75, 3.05) is 5.32 Å². The molecule has 5 nitrogen and oxygen atoms in total. The smallest absolute Gasteiger partial charge is 0.303 e. The van der Waals surface area contributed by atoms with Crippen molar-refractivity contribution in [2.45, 2.75) is 51.4 Å². The van der Waals surface area contributed by atoms with Gasteiger partial charge in [-0.15, -0.1) is 0 Å². The summed E-state index contributed by atoms with van der Waals surface area (Å²) in [7, 11) is 0. The van der Waals surface area contributed by atoms with Crippen LogP contribution < -0.4 is 5.32 Å². The molecule has 0 amide bonds. The predicted octanol–water partition coefficient (Wildman–Crippen LogP) is 5.71. The second-order valence-electron chi connectivity index (χ2n) is 6.27. The van der Waals surface area contributed by atoms with Crippen LogP contribution in [0.25, 0.3) is 0 Å². The topological polar surface area (TPSA) is 86.6 Å². The van der Waals surface area contributed by atoms with Gasteiger partial charge in [0.15, 0.2) is 0 Å². The summed E-state index contributed by atoms with van der Waals surface area (Å²) in [4.78, 5) is 20.3. The van der Waals surface area contributed by atoms with Crippen molar-refractivity contribution in [3.8, 4) is 0 Å². The van der Waals surface area contributed by atoms with Gasteiger partial charge in [0.2, 0.25) is 0 Å². The first-order valence-electron chi connectivity index (χ1n) is 9.38. The number of hydrogen-bond acceptors (Lipinski definition) is 3. The number of nitrogens with one attached hydrogen (secondary N) is 1. The lowest BCUT2D eigenvalue weighted by Crippen LogP contribution is -1.94. The highest BCUT2D eigenvalue weighted by Crippen LogP contribution is 2.14. The Morgan fingerprint density at radius 2 is 0.926 bits per heavy atom. The van der Waals surface area contributed by atoms with Gasteiger partial charge in [0.05, 0.1) is 0 Å². The summed E-state index contributed by atoms with van der Waals surface area (Å²) in [6.07, 6.45) is 5.82. The average molecular weight is 371 g/mol. The molecule has 2 aromatic carbocycles. The van der Waals surface area contributed by atoms with Gasteiger partial charge in [-0.2, -0.15) is 0 Å². The quantitative estimate of drug-likeness (QED) is 0.441. The van der Waals surface area contributed by atoms with Gasteiger partial charge in [-0.3, -0.25) is 9.59 Å². The fourth-order valence-corrected chi connectivity index (χ4v) is 2.47. The van der Waals surface area contributed by atoms with E-state index in [4.69, 9.17) is 10.2 Å². The summed E-state index contributed by atoms with van der Waals surface area (Å²) in [5, 5.41) is 20.0. The first-order chi connectivity index (χ1) is 13.1. The third-order valence-electron chi connectivity index (χ3n) is 3.87. The summed E-state index contributed by atoms with van der Waals surface area (Å²) in [6, 6.07) is 20.3. The SMILES string of the molecule is O=C(O)CCCCCCCCC(=O)O.c1ccc(Nc2ccccc2)cc1. The number of hydrogen-bond donors (Lipinski definition) is 3. The number of anilines is 2. The number of aliphatic carboxylic acids is 2. The van der Waals surface area contributed by atoms with Crippen molar-refractivity contribution in [3.05, 3.63) is 60.7 Å². The third-order valence-corrected chi connectivity index (χ3v) is 3.87. The standard InChI is InChI=1S/C12H11N.C10H18O4/c1-3-7-11(8-4-1)13-12-9-5-2-6-10-12;11-9(12)7-5-3-1-2-4-6-8-10(13)14/h1-10,13H;1-8H2,(H,11,12)(H,13,14). The molecular formula is C22H29NO4. The van der Waals surface area contributed by atoms with Gasteiger partial charge in [0.1, 0.15) is 0 Å². The van der Waals surface area contributed by atoms with Crippen LogP contribution in [-0.2, 0) is 9.59 Å². The van der Waals surface area contributed by atoms with Crippen LogP contribution >= 0.6 is 0 Å². The average Bonchev–Trinajstić information content (AvgIpc) is 2.66. The molecule has 0 spiro atoms. The summed E-state index contributed by atoms with van der Waals surface area (Å²) in [5.74, 6) is -1.48. The van der Waals surface area contributed by atoms with Crippen molar-refractivity contribution < 1.29 is 19.8 Å². The highest BCUT2D eigenvalue weighted by Gasteiger charge is 1.98. The zero-order chi connectivity index (χ0) is 19.7. The van der Waals surface area contributed by atoms with Crippen LogP contribution in [0.3, 0.4) is 0 Å². The summed E-state index contributed by atoms with van der Waals surface area (Å²) in [6.45, 7) is 0. The lowest BCUT2D eigenvalue weighted by molar-refractivity contribution is -0.138. The van der Waals surface area contributed by atoms with Crippen LogP contribution in [0, 0.1) is 0 Å². The maximum Gasteiger partial charge on any atom is 0.303 e. The molecule has 0 aliphatic carbocycles. The maximum absolute atomic E-state index is 10.1. The van der Waals surface area contributed by atoms with Gasteiger partial charge < -0.3 is 15.5 Å². The van der Waals surface area contributed by atoms with Crippen LogP contribution in [0.15, 0.2) is 60.7 Å². The molecule has 3 N–H and O–H groups in total. The van der Waals surface area contributed by atoms with E-state index in [9.17, 15) is 9.59 Å². The summed E-state index contributed by atoms with van der Waals surface area (Å²) in [5.41, 5.74) is 2.24. The van der Waals surface area contributed by atoms with E-state index in [1.807, 2.05) is 60.7 Å². The Hall–Kier alpha value is -2.82. The van der Waals surface area contributed by atoms with Crippen molar-refractivity contribution in [1.29, 1.82) is 0 Å². The van der Waals surface area contributed by atoms with Gasteiger partial charge >= 0.3 is 11.9 Å². The third kappa shape index (κ3) is 13.1. The summed E-state index contributed by atoms with van der Waals surface area (Å²) >= 11 is 0. The van der Waals surface area contributed by atoms with E-state index < -0.39 is 11.9 Å². The summed E-state index contributed by atoms with van der Waals surface area (Å²) < 4.78 is 0. The van der Waals surface area contributed by atoms with E-state index in [1.165, 1.54) is 0 Å². The lowest BCUT2D eigenvalue weighted by atomic mass is 10.1. The normalized spacial score (nSPS) is 9.78. The molecule has 5 heteroatoms. The fourth-order valence-electron chi connectivity index (χ4n) is 2.47. The highest BCUT2D eigenvalue weighted by molar-refractivity contribution is 5.66. The van der Waals surface area contributed by atoms with Crippen molar-refractivity contribution in [1.82, 2.24) is 0 Å². The van der Waals surface area contributed by atoms with Crippen LogP contribution in [0.2, 0.25) is 0 Å². The molecular weight excluding hydrogens is 342 g/mol. The van der Waals surface area contributed by atoms with Crippen LogP contribution in [0.1, 0.15) is 51.4 Å². The van der Waals surface area contributed by atoms with Crippen LogP contribution in [0.5, 0.6) is 0 Å². The Morgan fingerprint density at radius 3 is 1.26 bits per heavy atom. The van der Waals surface area contributed by atoms with Crippen molar-refractivity contribution in [2.24, 2.45) is 0 Å². The van der Waals surface area contributed by atoms with Gasteiger partial charge in [-0.1, -0.05) is 62.1 Å². The molecule has 0 heterocycles. The molecule has 0 unspecified atom stereocenters. The molecule has 0 aliphatic heterocycles. The minimum absolute atomic E-state index is 0.245. The predicted molar refractivity (Wildman–Crippen MR) is 108 cm³/mol. The molecule has 0 bridgehead atoms. The minimum Gasteiger partial charge on any atom is -0.481 e. The van der Waals surface area contributed by atoms with Gasteiger partial charge in [0.25, 0.3) is 0 Å². The number of benzene rings is 2. The Balaban J connectivity index is 0.000000270. The highest BCUT2D eigenvalue weighted by atomic mass is 16.4. The molecule has 0 saturated heterocycles. The largest absolute Gasteiger partial charge is 0.481 e. The molecule has 0 aliphatic rings. The monoisotopic (exact) mass is 371 g/mol. The number of carboxylic acids is 2. The van der Waals surface area contributed by atoms with E-state index in [2.05, 4.69) is 5.32 Å². The number of unbranched alkanes of at least 4 members (excludes halogenated alkanes) is 5. The first kappa shape index (κ1) is 22.2. The molecule has 0 radical (unpaired) electrons. The Kier molecular flexibility index (Phi) is 11.8. The lowest BCUT2D eigenvalue weighted by Gasteiger charge is -2.04. The Morgan fingerprint density at radius 1 is 0.593 bits per heavy atom. The molecule has 0 atom stereocenters. The molecule has 146 valence electrons.